The summed E-state index contributed by atoms with van der Waals surface area (Å²) < 4.78 is 0. The first-order valence-electron chi connectivity index (χ1n) is 6.86. The van der Waals surface area contributed by atoms with Gasteiger partial charge in [-0.1, -0.05) is 54.4 Å². The Morgan fingerprint density at radius 2 is 1.95 bits per heavy atom. The summed E-state index contributed by atoms with van der Waals surface area (Å²) in [6.45, 7) is 6.07. The average Bonchev–Trinajstić information content (AvgIpc) is 2.44. The Kier molecular flexibility index (Phi) is 5.96. The molecular weight excluding hydrogens is 286 g/mol. The smallest absolute Gasteiger partial charge is 0.0545 e. The number of benzene rings is 2. The molecule has 3 heteroatoms. The molecular formula is C17H20ClNS. The van der Waals surface area contributed by atoms with Gasteiger partial charge in [0.1, 0.15) is 0 Å². The first-order chi connectivity index (χ1) is 9.69. The van der Waals surface area contributed by atoms with Crippen LogP contribution >= 0.6 is 23.4 Å². The van der Waals surface area contributed by atoms with Crippen LogP contribution in [0.15, 0.2) is 47.4 Å². The van der Waals surface area contributed by atoms with Crippen molar-refractivity contribution in [3.05, 3.63) is 64.2 Å². The second-order valence-electron chi connectivity index (χ2n) is 4.82. The van der Waals surface area contributed by atoms with E-state index in [1.165, 1.54) is 16.7 Å². The molecule has 0 amide bonds. The number of hydrogen-bond acceptors (Lipinski definition) is 2. The molecule has 2 aromatic carbocycles. The van der Waals surface area contributed by atoms with Gasteiger partial charge in [-0.05, 0) is 36.7 Å². The Morgan fingerprint density at radius 1 is 1.10 bits per heavy atom. The van der Waals surface area contributed by atoms with Crippen LogP contribution in [0.3, 0.4) is 0 Å². The zero-order valence-corrected chi connectivity index (χ0v) is 13.5. The summed E-state index contributed by atoms with van der Waals surface area (Å²) >= 11 is 8.15. The lowest BCUT2D eigenvalue weighted by molar-refractivity contribution is 0.726. The first-order valence-corrected chi connectivity index (χ1v) is 8.23. The van der Waals surface area contributed by atoms with E-state index in [0.717, 1.165) is 28.8 Å². The standard InChI is InChI=1S/C17H20ClNS/c1-3-19-11-14-7-8-17(16(18)10-14)20-12-15-6-4-5-13(2)9-15/h4-10,19H,3,11-12H2,1-2H3. The summed E-state index contributed by atoms with van der Waals surface area (Å²) in [5.41, 5.74) is 3.87. The topological polar surface area (TPSA) is 12.0 Å². The number of nitrogens with one attached hydrogen (secondary N) is 1. The minimum atomic E-state index is 0.845. The lowest BCUT2D eigenvalue weighted by atomic mass is 10.2. The molecule has 20 heavy (non-hydrogen) atoms. The van der Waals surface area contributed by atoms with Crippen LogP contribution in [0, 0.1) is 6.92 Å². The molecule has 0 saturated heterocycles. The van der Waals surface area contributed by atoms with Crippen LogP contribution in [-0.2, 0) is 12.3 Å². The summed E-state index contributed by atoms with van der Waals surface area (Å²) in [7, 11) is 0. The highest BCUT2D eigenvalue weighted by molar-refractivity contribution is 7.98. The van der Waals surface area contributed by atoms with E-state index in [9.17, 15) is 0 Å². The Labute approximate surface area is 130 Å². The second-order valence-corrected chi connectivity index (χ2v) is 6.25. The van der Waals surface area contributed by atoms with Crippen molar-refractivity contribution in [2.45, 2.75) is 31.0 Å². The molecule has 106 valence electrons. The van der Waals surface area contributed by atoms with E-state index < -0.39 is 0 Å². The molecule has 1 N–H and O–H groups in total. The zero-order valence-electron chi connectivity index (χ0n) is 11.9. The summed E-state index contributed by atoms with van der Waals surface area (Å²) in [5, 5.41) is 4.16. The van der Waals surface area contributed by atoms with Crippen molar-refractivity contribution in [3.8, 4) is 0 Å². The van der Waals surface area contributed by atoms with Gasteiger partial charge in [-0.3, -0.25) is 0 Å². The molecule has 0 heterocycles. The van der Waals surface area contributed by atoms with Crippen LogP contribution in [0.5, 0.6) is 0 Å². The Bertz CT molecular complexity index is 569. The monoisotopic (exact) mass is 305 g/mol. The minimum absolute atomic E-state index is 0.845. The third-order valence-electron chi connectivity index (χ3n) is 3.05. The molecule has 0 radical (unpaired) electrons. The van der Waals surface area contributed by atoms with Gasteiger partial charge in [0.15, 0.2) is 0 Å². The average molecular weight is 306 g/mol. The van der Waals surface area contributed by atoms with Crippen LogP contribution in [0.1, 0.15) is 23.6 Å². The van der Waals surface area contributed by atoms with E-state index in [1.54, 1.807) is 11.8 Å². The van der Waals surface area contributed by atoms with Gasteiger partial charge in [-0.25, -0.2) is 0 Å². The van der Waals surface area contributed by atoms with Crippen molar-refractivity contribution in [1.82, 2.24) is 5.32 Å². The van der Waals surface area contributed by atoms with Crippen LogP contribution < -0.4 is 5.32 Å². The maximum absolute atomic E-state index is 6.36. The fraction of sp³-hybridized carbons (Fsp3) is 0.294. The SMILES string of the molecule is CCNCc1ccc(SCc2cccc(C)c2)c(Cl)c1. The van der Waals surface area contributed by atoms with Crippen LogP contribution in [-0.4, -0.2) is 6.54 Å². The van der Waals surface area contributed by atoms with Gasteiger partial charge < -0.3 is 5.32 Å². The summed E-state index contributed by atoms with van der Waals surface area (Å²) in [5.74, 6) is 0.952. The van der Waals surface area contributed by atoms with Gasteiger partial charge in [0, 0.05) is 17.2 Å². The Balaban J connectivity index is 1.99. The van der Waals surface area contributed by atoms with Crippen molar-refractivity contribution in [2.75, 3.05) is 6.54 Å². The van der Waals surface area contributed by atoms with Crippen LogP contribution in [0.25, 0.3) is 0 Å². The van der Waals surface area contributed by atoms with E-state index >= 15 is 0 Å². The number of aryl methyl sites for hydroxylation is 1. The third-order valence-corrected chi connectivity index (χ3v) is 4.62. The molecule has 2 aromatic rings. The van der Waals surface area contributed by atoms with Crippen molar-refractivity contribution in [3.63, 3.8) is 0 Å². The molecule has 0 aromatic heterocycles. The zero-order chi connectivity index (χ0) is 14.4. The maximum atomic E-state index is 6.36. The summed E-state index contributed by atoms with van der Waals surface area (Å²) in [4.78, 5) is 1.15. The molecule has 0 aliphatic heterocycles. The van der Waals surface area contributed by atoms with Crippen molar-refractivity contribution < 1.29 is 0 Å². The highest BCUT2D eigenvalue weighted by atomic mass is 35.5. The molecule has 0 fully saturated rings. The minimum Gasteiger partial charge on any atom is -0.313 e. The maximum Gasteiger partial charge on any atom is 0.0545 e. The van der Waals surface area contributed by atoms with E-state index in [-0.39, 0.29) is 0 Å². The molecule has 0 saturated carbocycles. The lowest BCUT2D eigenvalue weighted by Crippen LogP contribution is -2.11. The summed E-state index contributed by atoms with van der Waals surface area (Å²) in [6.07, 6.45) is 0. The second kappa shape index (κ2) is 7.72. The van der Waals surface area contributed by atoms with E-state index in [0.29, 0.717) is 0 Å². The van der Waals surface area contributed by atoms with Gasteiger partial charge in [0.05, 0.1) is 5.02 Å². The fourth-order valence-corrected chi connectivity index (χ4v) is 3.23. The van der Waals surface area contributed by atoms with Crippen molar-refractivity contribution in [2.24, 2.45) is 0 Å². The summed E-state index contributed by atoms with van der Waals surface area (Å²) in [6, 6.07) is 14.9. The highest BCUT2D eigenvalue weighted by Gasteiger charge is 2.03. The predicted octanol–water partition coefficient (Wildman–Crippen LogP) is 5.05. The van der Waals surface area contributed by atoms with Gasteiger partial charge in [0.25, 0.3) is 0 Å². The highest BCUT2D eigenvalue weighted by Crippen LogP contribution is 2.30. The molecule has 1 nitrogen and oxygen atoms in total. The Morgan fingerprint density at radius 3 is 2.65 bits per heavy atom. The van der Waals surface area contributed by atoms with Gasteiger partial charge in [-0.15, -0.1) is 11.8 Å². The molecule has 2 rings (SSSR count). The number of halogens is 1. The number of hydrogen-bond donors (Lipinski definition) is 1. The molecule has 0 atom stereocenters. The van der Waals surface area contributed by atoms with Gasteiger partial charge >= 0.3 is 0 Å². The van der Waals surface area contributed by atoms with Crippen molar-refractivity contribution in [1.29, 1.82) is 0 Å². The van der Waals surface area contributed by atoms with Gasteiger partial charge in [-0.2, -0.15) is 0 Å². The molecule has 0 aliphatic rings. The predicted molar refractivity (Wildman–Crippen MR) is 89.6 cm³/mol. The normalized spacial score (nSPS) is 10.8. The van der Waals surface area contributed by atoms with Gasteiger partial charge in [0.2, 0.25) is 0 Å². The van der Waals surface area contributed by atoms with E-state index in [1.807, 2.05) is 0 Å². The molecule has 0 bridgehead atoms. The number of rotatable bonds is 6. The first kappa shape index (κ1) is 15.4. The lowest BCUT2D eigenvalue weighted by Gasteiger charge is -2.08. The number of thioether (sulfide) groups is 1. The van der Waals surface area contributed by atoms with Crippen LogP contribution in [0.2, 0.25) is 5.02 Å². The van der Waals surface area contributed by atoms with Crippen molar-refractivity contribution >= 4 is 23.4 Å². The van der Waals surface area contributed by atoms with E-state index in [2.05, 4.69) is 61.6 Å². The largest absolute Gasteiger partial charge is 0.313 e. The fourth-order valence-electron chi connectivity index (χ4n) is 2.00. The third kappa shape index (κ3) is 4.55. The molecule has 0 aliphatic carbocycles. The molecule has 0 spiro atoms. The quantitative estimate of drug-likeness (QED) is 0.749. The Hall–Kier alpha value is -0.960. The molecule has 0 unspecified atom stereocenters. The van der Waals surface area contributed by atoms with Crippen LogP contribution in [0.4, 0.5) is 0 Å². The van der Waals surface area contributed by atoms with E-state index in [4.69, 9.17) is 11.6 Å².